The van der Waals surface area contributed by atoms with E-state index in [1.165, 1.54) is 17.3 Å². The lowest BCUT2D eigenvalue weighted by Crippen LogP contribution is -2.06. The van der Waals surface area contributed by atoms with Gasteiger partial charge < -0.3 is 5.32 Å². The van der Waals surface area contributed by atoms with Gasteiger partial charge in [0.05, 0.1) is 9.72 Å². The van der Waals surface area contributed by atoms with Gasteiger partial charge in [-0.2, -0.15) is 0 Å². The topological polar surface area (TPSA) is 37.8 Å². The summed E-state index contributed by atoms with van der Waals surface area (Å²) in [6, 6.07) is 7.99. The van der Waals surface area contributed by atoms with Crippen LogP contribution in [0.25, 0.3) is 10.1 Å². The molecule has 0 atom stereocenters. The van der Waals surface area contributed by atoms with Crippen LogP contribution in [0, 0.1) is 0 Å². The molecule has 6 heteroatoms. The highest BCUT2D eigenvalue weighted by Crippen LogP contribution is 2.30. The fourth-order valence-electron chi connectivity index (χ4n) is 2.01. The number of nitrogens with zero attached hydrogens (tertiary/aromatic N) is 2. The molecule has 1 aromatic carbocycles. The Labute approximate surface area is 130 Å². The van der Waals surface area contributed by atoms with Crippen molar-refractivity contribution in [3.8, 4) is 0 Å². The molecule has 102 valence electrons. The summed E-state index contributed by atoms with van der Waals surface area (Å²) in [5.41, 5.74) is 1.20. The number of thiophene rings is 1. The SMILES string of the molecule is Clc1cc(NCCc2cc(Cl)c3sccc3c2)ncn1. The fourth-order valence-corrected chi connectivity index (χ4v) is 3.32. The molecule has 0 spiro atoms. The summed E-state index contributed by atoms with van der Waals surface area (Å²) in [6.45, 7) is 0.763. The Morgan fingerprint density at radius 2 is 2.05 bits per heavy atom. The zero-order valence-corrected chi connectivity index (χ0v) is 12.8. The lowest BCUT2D eigenvalue weighted by molar-refractivity contribution is 1.00. The number of rotatable bonds is 4. The third kappa shape index (κ3) is 3.03. The molecule has 0 saturated heterocycles. The van der Waals surface area contributed by atoms with Crippen molar-refractivity contribution in [1.29, 1.82) is 0 Å². The van der Waals surface area contributed by atoms with Crippen LogP contribution in [0.15, 0.2) is 36.0 Å². The van der Waals surface area contributed by atoms with Gasteiger partial charge in [0.25, 0.3) is 0 Å². The summed E-state index contributed by atoms with van der Waals surface area (Å²) in [5.74, 6) is 0.729. The predicted octanol–water partition coefficient (Wildman–Crippen LogP) is 4.65. The first-order chi connectivity index (χ1) is 9.72. The minimum atomic E-state index is 0.435. The third-order valence-electron chi connectivity index (χ3n) is 2.92. The third-order valence-corrected chi connectivity index (χ3v) is 4.50. The van der Waals surface area contributed by atoms with Crippen molar-refractivity contribution in [1.82, 2.24) is 9.97 Å². The summed E-state index contributed by atoms with van der Waals surface area (Å²) in [7, 11) is 0. The minimum Gasteiger partial charge on any atom is -0.370 e. The summed E-state index contributed by atoms with van der Waals surface area (Å²) in [4.78, 5) is 7.94. The second-order valence-electron chi connectivity index (χ2n) is 4.32. The molecule has 2 aromatic heterocycles. The first-order valence-electron chi connectivity index (χ1n) is 6.09. The van der Waals surface area contributed by atoms with Gasteiger partial charge in [-0.1, -0.05) is 29.3 Å². The average molecular weight is 324 g/mol. The van der Waals surface area contributed by atoms with Gasteiger partial charge in [-0.05, 0) is 34.9 Å². The van der Waals surface area contributed by atoms with Crippen molar-refractivity contribution in [3.63, 3.8) is 0 Å². The van der Waals surface area contributed by atoms with E-state index < -0.39 is 0 Å². The molecule has 0 unspecified atom stereocenters. The molecule has 0 radical (unpaired) electrons. The van der Waals surface area contributed by atoms with E-state index in [9.17, 15) is 0 Å². The Kier molecular flexibility index (Phi) is 4.05. The van der Waals surface area contributed by atoms with Crippen LogP contribution in [0.5, 0.6) is 0 Å². The summed E-state index contributed by atoms with van der Waals surface area (Å²) < 4.78 is 1.14. The molecule has 0 aliphatic carbocycles. The number of hydrogen-bond acceptors (Lipinski definition) is 4. The highest BCUT2D eigenvalue weighted by Gasteiger charge is 2.04. The minimum absolute atomic E-state index is 0.435. The van der Waals surface area contributed by atoms with Crippen molar-refractivity contribution < 1.29 is 0 Å². The molecule has 0 saturated carbocycles. The number of hydrogen-bond donors (Lipinski definition) is 1. The Morgan fingerprint density at radius 1 is 1.15 bits per heavy atom. The van der Waals surface area contributed by atoms with Gasteiger partial charge in [0.1, 0.15) is 17.3 Å². The van der Waals surface area contributed by atoms with E-state index >= 15 is 0 Å². The van der Waals surface area contributed by atoms with Crippen molar-refractivity contribution in [2.45, 2.75) is 6.42 Å². The maximum atomic E-state index is 6.27. The van der Waals surface area contributed by atoms with Crippen LogP contribution in [-0.4, -0.2) is 16.5 Å². The zero-order valence-electron chi connectivity index (χ0n) is 10.4. The molecule has 3 nitrogen and oxygen atoms in total. The molecule has 1 N–H and O–H groups in total. The van der Waals surface area contributed by atoms with Crippen molar-refractivity contribution in [3.05, 3.63) is 51.7 Å². The Morgan fingerprint density at radius 3 is 2.90 bits per heavy atom. The van der Waals surface area contributed by atoms with Crippen molar-refractivity contribution in [2.75, 3.05) is 11.9 Å². The molecule has 2 heterocycles. The molecular weight excluding hydrogens is 313 g/mol. The van der Waals surface area contributed by atoms with E-state index in [2.05, 4.69) is 32.8 Å². The van der Waals surface area contributed by atoms with E-state index in [1.54, 1.807) is 17.4 Å². The first-order valence-corrected chi connectivity index (χ1v) is 7.73. The molecule has 0 fully saturated rings. The van der Waals surface area contributed by atoms with Gasteiger partial charge >= 0.3 is 0 Å². The Balaban J connectivity index is 1.68. The van der Waals surface area contributed by atoms with Gasteiger partial charge in [0, 0.05) is 12.6 Å². The predicted molar refractivity (Wildman–Crippen MR) is 86.1 cm³/mol. The maximum Gasteiger partial charge on any atom is 0.134 e. The lowest BCUT2D eigenvalue weighted by Gasteiger charge is -2.06. The van der Waals surface area contributed by atoms with Crippen LogP contribution in [0.3, 0.4) is 0 Å². The highest BCUT2D eigenvalue weighted by molar-refractivity contribution is 7.17. The van der Waals surface area contributed by atoms with Gasteiger partial charge in [-0.3, -0.25) is 0 Å². The summed E-state index contributed by atoms with van der Waals surface area (Å²) >= 11 is 13.7. The standard InChI is InChI=1S/C14H11Cl2N3S/c15-11-6-9(5-10-2-4-20-14(10)11)1-3-17-13-7-12(16)18-8-19-13/h2,4-8H,1,3H2,(H,17,18,19). The highest BCUT2D eigenvalue weighted by atomic mass is 35.5. The summed E-state index contributed by atoms with van der Waals surface area (Å²) in [5, 5.41) is 7.73. The number of benzene rings is 1. The van der Waals surface area contributed by atoms with Crippen LogP contribution in [0.1, 0.15) is 5.56 Å². The van der Waals surface area contributed by atoms with Gasteiger partial charge in [-0.25, -0.2) is 9.97 Å². The van der Waals surface area contributed by atoms with E-state index in [1.807, 2.05) is 6.07 Å². The van der Waals surface area contributed by atoms with E-state index in [-0.39, 0.29) is 0 Å². The maximum absolute atomic E-state index is 6.27. The number of anilines is 1. The normalized spacial score (nSPS) is 10.9. The van der Waals surface area contributed by atoms with Crippen LogP contribution in [0.2, 0.25) is 10.2 Å². The van der Waals surface area contributed by atoms with Crippen molar-refractivity contribution in [2.24, 2.45) is 0 Å². The van der Waals surface area contributed by atoms with Crippen LogP contribution >= 0.6 is 34.5 Å². The number of halogens is 2. The smallest absolute Gasteiger partial charge is 0.134 e. The molecule has 20 heavy (non-hydrogen) atoms. The monoisotopic (exact) mass is 323 g/mol. The molecule has 0 amide bonds. The summed E-state index contributed by atoms with van der Waals surface area (Å²) in [6.07, 6.45) is 2.31. The molecule has 0 aliphatic heterocycles. The second-order valence-corrected chi connectivity index (χ2v) is 6.03. The van der Waals surface area contributed by atoms with E-state index in [0.29, 0.717) is 5.15 Å². The molecule has 0 aliphatic rings. The van der Waals surface area contributed by atoms with Gasteiger partial charge in [0.15, 0.2) is 0 Å². The molecular formula is C14H11Cl2N3S. The van der Waals surface area contributed by atoms with Crippen LogP contribution < -0.4 is 5.32 Å². The molecule has 3 rings (SSSR count). The van der Waals surface area contributed by atoms with E-state index in [4.69, 9.17) is 23.2 Å². The van der Waals surface area contributed by atoms with Gasteiger partial charge in [0.2, 0.25) is 0 Å². The Hall–Kier alpha value is -1.36. The quantitative estimate of drug-likeness (QED) is 0.710. The number of fused-ring (bicyclic) bond motifs is 1. The fraction of sp³-hybridized carbons (Fsp3) is 0.143. The van der Waals surface area contributed by atoms with Crippen LogP contribution in [0.4, 0.5) is 5.82 Å². The molecule has 0 bridgehead atoms. The molecule has 3 aromatic rings. The Bertz CT molecular complexity index is 742. The zero-order chi connectivity index (χ0) is 13.9. The van der Waals surface area contributed by atoms with Crippen LogP contribution in [-0.2, 0) is 6.42 Å². The first kappa shape index (κ1) is 13.6. The van der Waals surface area contributed by atoms with Crippen molar-refractivity contribution >= 4 is 50.4 Å². The number of nitrogens with one attached hydrogen (secondary N) is 1. The largest absolute Gasteiger partial charge is 0.370 e. The number of aromatic nitrogens is 2. The van der Waals surface area contributed by atoms with E-state index in [0.717, 1.165) is 28.5 Å². The van der Waals surface area contributed by atoms with Gasteiger partial charge in [-0.15, -0.1) is 11.3 Å². The second kappa shape index (κ2) is 5.95. The lowest BCUT2D eigenvalue weighted by atomic mass is 10.1. The average Bonchev–Trinajstić information content (AvgIpc) is 2.88.